The second-order valence-corrected chi connectivity index (χ2v) is 6.58. The third kappa shape index (κ3) is 5.70. The lowest BCUT2D eigenvalue weighted by Gasteiger charge is -2.32. The first kappa shape index (κ1) is 16.8. The molecule has 1 aliphatic heterocycles. The molecule has 1 amide bonds. The van der Waals surface area contributed by atoms with Crippen molar-refractivity contribution in [1.82, 2.24) is 10.6 Å². The Morgan fingerprint density at radius 1 is 1.21 bits per heavy atom. The Labute approximate surface area is 123 Å². The van der Waals surface area contributed by atoms with Crippen LogP contribution in [0.15, 0.2) is 0 Å². The summed E-state index contributed by atoms with van der Waals surface area (Å²) in [6.45, 7) is 6.84. The second-order valence-electron chi connectivity index (χ2n) is 6.58. The predicted octanol–water partition coefficient (Wildman–Crippen LogP) is 2.74. The SMILES string of the molecule is CC1CC(C)CC(NC(=O)CCC2CCNC2)C1.Cl. The largest absolute Gasteiger partial charge is 0.353 e. The lowest BCUT2D eigenvalue weighted by Crippen LogP contribution is -2.40. The number of rotatable bonds is 4. The number of nitrogens with one attached hydrogen (secondary N) is 2. The summed E-state index contributed by atoms with van der Waals surface area (Å²) in [5, 5.41) is 6.60. The number of carbonyl (C=O) groups is 1. The molecule has 1 saturated carbocycles. The molecule has 2 aliphatic rings. The van der Waals surface area contributed by atoms with Gasteiger partial charge in [0.15, 0.2) is 0 Å². The minimum absolute atomic E-state index is 0. The highest BCUT2D eigenvalue weighted by molar-refractivity contribution is 5.85. The van der Waals surface area contributed by atoms with Crippen molar-refractivity contribution in [2.24, 2.45) is 17.8 Å². The normalized spacial score (nSPS) is 34.6. The first-order valence-electron chi connectivity index (χ1n) is 7.63. The molecule has 2 rings (SSSR count). The molecule has 2 fully saturated rings. The maximum absolute atomic E-state index is 11.9. The Hall–Kier alpha value is -0.280. The molecule has 0 aromatic carbocycles. The molecule has 3 atom stereocenters. The third-order valence-electron chi connectivity index (χ3n) is 4.49. The highest BCUT2D eigenvalue weighted by atomic mass is 35.5. The molecule has 0 bridgehead atoms. The van der Waals surface area contributed by atoms with E-state index in [0.717, 1.165) is 37.3 Å². The van der Waals surface area contributed by atoms with Crippen molar-refractivity contribution >= 4 is 18.3 Å². The van der Waals surface area contributed by atoms with E-state index in [0.29, 0.717) is 12.5 Å². The summed E-state index contributed by atoms with van der Waals surface area (Å²) in [4.78, 5) is 11.9. The molecule has 112 valence electrons. The number of hydrogen-bond acceptors (Lipinski definition) is 2. The van der Waals surface area contributed by atoms with E-state index in [1.807, 2.05) is 0 Å². The van der Waals surface area contributed by atoms with Crippen LogP contribution in [-0.4, -0.2) is 25.0 Å². The monoisotopic (exact) mass is 288 g/mol. The Bertz CT molecular complexity index is 269. The molecule has 2 N–H and O–H groups in total. The van der Waals surface area contributed by atoms with Crippen LogP contribution in [0.1, 0.15) is 52.4 Å². The molecule has 0 radical (unpaired) electrons. The van der Waals surface area contributed by atoms with Gasteiger partial charge in [-0.05, 0) is 62.9 Å². The molecule has 0 aromatic rings. The second kappa shape index (κ2) is 8.11. The summed E-state index contributed by atoms with van der Waals surface area (Å²) in [6, 6.07) is 0.429. The molecule has 19 heavy (non-hydrogen) atoms. The van der Waals surface area contributed by atoms with Gasteiger partial charge >= 0.3 is 0 Å². The fourth-order valence-corrected chi connectivity index (χ4v) is 3.66. The topological polar surface area (TPSA) is 41.1 Å². The summed E-state index contributed by atoms with van der Waals surface area (Å²) in [7, 11) is 0. The maximum atomic E-state index is 11.9. The van der Waals surface area contributed by atoms with Gasteiger partial charge in [-0.3, -0.25) is 4.79 Å². The van der Waals surface area contributed by atoms with Crippen LogP contribution in [0.4, 0.5) is 0 Å². The van der Waals surface area contributed by atoms with E-state index < -0.39 is 0 Å². The first-order valence-corrected chi connectivity index (χ1v) is 7.63. The first-order chi connectivity index (χ1) is 8.63. The Morgan fingerprint density at radius 2 is 1.89 bits per heavy atom. The van der Waals surface area contributed by atoms with Crippen molar-refractivity contribution in [2.45, 2.75) is 58.4 Å². The van der Waals surface area contributed by atoms with Crippen LogP contribution in [-0.2, 0) is 4.79 Å². The maximum Gasteiger partial charge on any atom is 0.220 e. The lowest BCUT2D eigenvalue weighted by molar-refractivity contribution is -0.122. The van der Waals surface area contributed by atoms with Gasteiger partial charge in [0.25, 0.3) is 0 Å². The van der Waals surface area contributed by atoms with E-state index in [4.69, 9.17) is 0 Å². The summed E-state index contributed by atoms with van der Waals surface area (Å²) < 4.78 is 0. The molecule has 1 heterocycles. The molecular weight excluding hydrogens is 260 g/mol. The van der Waals surface area contributed by atoms with E-state index in [2.05, 4.69) is 24.5 Å². The highest BCUT2D eigenvalue weighted by Gasteiger charge is 2.25. The van der Waals surface area contributed by atoms with Gasteiger partial charge in [0.1, 0.15) is 0 Å². The van der Waals surface area contributed by atoms with E-state index in [1.165, 1.54) is 25.7 Å². The molecular formula is C15H29ClN2O. The van der Waals surface area contributed by atoms with Crippen molar-refractivity contribution in [2.75, 3.05) is 13.1 Å². The van der Waals surface area contributed by atoms with Crippen LogP contribution < -0.4 is 10.6 Å². The molecule has 1 saturated heterocycles. The van der Waals surface area contributed by atoms with Crippen LogP contribution >= 0.6 is 12.4 Å². The summed E-state index contributed by atoms with van der Waals surface area (Å²) >= 11 is 0. The van der Waals surface area contributed by atoms with Gasteiger partial charge in [-0.25, -0.2) is 0 Å². The average Bonchev–Trinajstić information content (AvgIpc) is 2.77. The molecule has 0 spiro atoms. The fraction of sp³-hybridized carbons (Fsp3) is 0.933. The quantitative estimate of drug-likeness (QED) is 0.835. The van der Waals surface area contributed by atoms with Crippen molar-refractivity contribution < 1.29 is 4.79 Å². The molecule has 4 heteroatoms. The molecule has 0 aromatic heterocycles. The smallest absolute Gasteiger partial charge is 0.220 e. The lowest BCUT2D eigenvalue weighted by atomic mass is 9.80. The van der Waals surface area contributed by atoms with Gasteiger partial charge in [0.2, 0.25) is 5.91 Å². The molecule has 3 unspecified atom stereocenters. The Kier molecular flexibility index (Phi) is 7.16. The van der Waals surface area contributed by atoms with Crippen LogP contribution in [0.3, 0.4) is 0 Å². The minimum atomic E-state index is 0. The predicted molar refractivity (Wildman–Crippen MR) is 81.6 cm³/mol. The van der Waals surface area contributed by atoms with Gasteiger partial charge in [-0.1, -0.05) is 13.8 Å². The van der Waals surface area contributed by atoms with Crippen molar-refractivity contribution in [1.29, 1.82) is 0 Å². The standard InChI is InChI=1S/C15H28N2O.ClH/c1-11-7-12(2)9-14(8-11)17-15(18)4-3-13-5-6-16-10-13;/h11-14,16H,3-10H2,1-2H3,(H,17,18);1H. The van der Waals surface area contributed by atoms with Crippen LogP contribution in [0.5, 0.6) is 0 Å². The minimum Gasteiger partial charge on any atom is -0.353 e. The Balaban J connectivity index is 0.00000180. The van der Waals surface area contributed by atoms with Crippen LogP contribution in [0.2, 0.25) is 0 Å². The van der Waals surface area contributed by atoms with Gasteiger partial charge in [0.05, 0.1) is 0 Å². The van der Waals surface area contributed by atoms with Crippen molar-refractivity contribution in [3.05, 3.63) is 0 Å². The van der Waals surface area contributed by atoms with Gasteiger partial charge < -0.3 is 10.6 Å². The third-order valence-corrected chi connectivity index (χ3v) is 4.49. The number of hydrogen-bond donors (Lipinski definition) is 2. The van der Waals surface area contributed by atoms with Gasteiger partial charge in [-0.15, -0.1) is 12.4 Å². The van der Waals surface area contributed by atoms with E-state index in [1.54, 1.807) is 0 Å². The van der Waals surface area contributed by atoms with E-state index in [-0.39, 0.29) is 18.3 Å². The zero-order valence-corrected chi connectivity index (χ0v) is 13.1. The average molecular weight is 289 g/mol. The summed E-state index contributed by atoms with van der Waals surface area (Å²) in [5.41, 5.74) is 0. The zero-order chi connectivity index (χ0) is 13.0. The number of carbonyl (C=O) groups excluding carboxylic acids is 1. The van der Waals surface area contributed by atoms with Crippen LogP contribution in [0.25, 0.3) is 0 Å². The van der Waals surface area contributed by atoms with Gasteiger partial charge in [-0.2, -0.15) is 0 Å². The van der Waals surface area contributed by atoms with E-state index >= 15 is 0 Å². The van der Waals surface area contributed by atoms with E-state index in [9.17, 15) is 4.79 Å². The van der Waals surface area contributed by atoms with Crippen molar-refractivity contribution in [3.8, 4) is 0 Å². The number of amides is 1. The zero-order valence-electron chi connectivity index (χ0n) is 12.3. The Morgan fingerprint density at radius 3 is 2.47 bits per heavy atom. The molecule has 1 aliphatic carbocycles. The van der Waals surface area contributed by atoms with Crippen molar-refractivity contribution in [3.63, 3.8) is 0 Å². The fourth-order valence-electron chi connectivity index (χ4n) is 3.66. The van der Waals surface area contributed by atoms with Gasteiger partial charge in [0, 0.05) is 12.5 Å². The summed E-state index contributed by atoms with van der Waals surface area (Å²) in [5.74, 6) is 2.52. The van der Waals surface area contributed by atoms with Crippen LogP contribution in [0, 0.1) is 17.8 Å². The highest BCUT2D eigenvalue weighted by Crippen LogP contribution is 2.28. The summed E-state index contributed by atoms with van der Waals surface area (Å²) in [6.07, 6.45) is 6.66. The number of halogens is 1. The molecule has 3 nitrogen and oxygen atoms in total.